The van der Waals surface area contributed by atoms with Crippen LogP contribution in [0.25, 0.3) is 0 Å². The van der Waals surface area contributed by atoms with Gasteiger partial charge in [-0.2, -0.15) is 0 Å². The van der Waals surface area contributed by atoms with E-state index in [0.717, 1.165) is 31.2 Å². The molecule has 0 radical (unpaired) electrons. The molecule has 1 aliphatic rings. The molecule has 1 aromatic heterocycles. The van der Waals surface area contributed by atoms with Gasteiger partial charge >= 0.3 is 0 Å². The summed E-state index contributed by atoms with van der Waals surface area (Å²) < 4.78 is 5.93. The number of thiophene rings is 1. The number of rotatable bonds is 4. The van der Waals surface area contributed by atoms with Crippen LogP contribution in [0, 0.1) is 6.92 Å². The summed E-state index contributed by atoms with van der Waals surface area (Å²) in [6.45, 7) is 3.68. The van der Waals surface area contributed by atoms with Gasteiger partial charge < -0.3 is 15.4 Å². The molecule has 2 N–H and O–H groups in total. The Labute approximate surface area is 158 Å². The van der Waals surface area contributed by atoms with Gasteiger partial charge in [-0.15, -0.1) is 35.3 Å². The maximum atomic E-state index is 5.93. The van der Waals surface area contributed by atoms with Crippen molar-refractivity contribution in [3.63, 3.8) is 0 Å². The van der Waals surface area contributed by atoms with Gasteiger partial charge in [0.1, 0.15) is 11.9 Å². The van der Waals surface area contributed by atoms with Gasteiger partial charge in [-0.25, -0.2) is 0 Å². The number of hydrogen-bond donors (Lipinski definition) is 2. The minimum Gasteiger partial charge on any atom is -0.488 e. The molecule has 124 valence electrons. The smallest absolute Gasteiger partial charge is 0.191 e. The summed E-state index contributed by atoms with van der Waals surface area (Å²) in [5.74, 6) is 1.82. The van der Waals surface area contributed by atoms with Crippen molar-refractivity contribution >= 4 is 41.3 Å². The Hall–Kier alpha value is -1.28. The molecule has 4 nitrogen and oxygen atoms in total. The maximum absolute atomic E-state index is 5.93. The zero-order chi connectivity index (χ0) is 15.4. The molecule has 0 saturated heterocycles. The third-order valence-corrected chi connectivity index (χ3v) is 4.84. The Morgan fingerprint density at radius 2 is 2.13 bits per heavy atom. The topological polar surface area (TPSA) is 45.7 Å². The number of para-hydroxylation sites is 1. The number of aryl methyl sites for hydroxylation is 1. The van der Waals surface area contributed by atoms with Crippen LogP contribution in [0.1, 0.15) is 16.0 Å². The van der Waals surface area contributed by atoms with Crippen molar-refractivity contribution in [2.75, 3.05) is 13.6 Å². The molecule has 1 atom stereocenters. The van der Waals surface area contributed by atoms with Crippen molar-refractivity contribution in [3.8, 4) is 5.75 Å². The van der Waals surface area contributed by atoms with E-state index in [-0.39, 0.29) is 30.1 Å². The quantitative estimate of drug-likeness (QED) is 0.433. The van der Waals surface area contributed by atoms with Crippen LogP contribution in [0.3, 0.4) is 0 Å². The number of benzene rings is 1. The van der Waals surface area contributed by atoms with Crippen molar-refractivity contribution in [3.05, 3.63) is 51.7 Å². The molecule has 0 spiro atoms. The van der Waals surface area contributed by atoms with Crippen molar-refractivity contribution in [1.29, 1.82) is 0 Å². The Morgan fingerprint density at radius 3 is 2.83 bits per heavy atom. The fourth-order valence-electron chi connectivity index (χ4n) is 2.55. The maximum Gasteiger partial charge on any atom is 0.191 e. The Kier molecular flexibility index (Phi) is 6.71. The van der Waals surface area contributed by atoms with E-state index >= 15 is 0 Å². The number of nitrogens with zero attached hydrogens (tertiary/aromatic N) is 1. The fourth-order valence-corrected chi connectivity index (χ4v) is 3.39. The molecule has 6 heteroatoms. The number of aliphatic imine (C=N–C) groups is 1. The van der Waals surface area contributed by atoms with E-state index in [0.29, 0.717) is 0 Å². The third-order valence-electron chi connectivity index (χ3n) is 3.82. The molecule has 0 amide bonds. The summed E-state index contributed by atoms with van der Waals surface area (Å²) in [6, 6.07) is 10.4. The van der Waals surface area contributed by atoms with Crippen LogP contribution in [0.4, 0.5) is 0 Å². The number of ether oxygens (including phenoxy) is 1. The van der Waals surface area contributed by atoms with Crippen LogP contribution in [-0.4, -0.2) is 25.7 Å². The standard InChI is InChI=1S/C17H21N3OS.HI/c1-12-7-8-22-16(12)11-20-17(18-2)19-10-14-9-13-5-3-4-6-15(13)21-14;/h3-8,14H,9-11H2,1-2H3,(H2,18,19,20);1H. The van der Waals surface area contributed by atoms with E-state index in [4.69, 9.17) is 4.74 Å². The molecule has 0 aliphatic carbocycles. The molecule has 0 bridgehead atoms. The number of fused-ring (bicyclic) bond motifs is 1. The average molecular weight is 443 g/mol. The van der Waals surface area contributed by atoms with Gasteiger partial charge in [0.2, 0.25) is 0 Å². The summed E-state index contributed by atoms with van der Waals surface area (Å²) in [5.41, 5.74) is 2.61. The normalized spacial score (nSPS) is 16.3. The van der Waals surface area contributed by atoms with E-state index in [2.05, 4.69) is 46.1 Å². The zero-order valence-electron chi connectivity index (χ0n) is 13.3. The van der Waals surface area contributed by atoms with Crippen LogP contribution in [0.2, 0.25) is 0 Å². The van der Waals surface area contributed by atoms with E-state index in [9.17, 15) is 0 Å². The van der Waals surface area contributed by atoms with E-state index < -0.39 is 0 Å². The minimum atomic E-state index is 0. The van der Waals surface area contributed by atoms with Gasteiger partial charge in [0.25, 0.3) is 0 Å². The highest BCUT2D eigenvalue weighted by Gasteiger charge is 2.22. The zero-order valence-corrected chi connectivity index (χ0v) is 16.5. The van der Waals surface area contributed by atoms with Gasteiger partial charge in [0.05, 0.1) is 13.1 Å². The monoisotopic (exact) mass is 443 g/mol. The highest BCUT2D eigenvalue weighted by atomic mass is 127. The largest absolute Gasteiger partial charge is 0.488 e. The highest BCUT2D eigenvalue weighted by molar-refractivity contribution is 14.0. The van der Waals surface area contributed by atoms with Gasteiger partial charge in [0, 0.05) is 18.3 Å². The lowest BCUT2D eigenvalue weighted by Gasteiger charge is -2.15. The second-order valence-corrected chi connectivity index (χ2v) is 6.39. The lowest BCUT2D eigenvalue weighted by atomic mass is 10.1. The number of nitrogens with one attached hydrogen (secondary N) is 2. The number of guanidine groups is 1. The first-order chi connectivity index (χ1) is 10.8. The molecule has 1 aliphatic heterocycles. The second-order valence-electron chi connectivity index (χ2n) is 5.39. The van der Waals surface area contributed by atoms with Crippen molar-refractivity contribution in [2.24, 2.45) is 4.99 Å². The lowest BCUT2D eigenvalue weighted by molar-refractivity contribution is 0.235. The highest BCUT2D eigenvalue weighted by Crippen LogP contribution is 2.27. The van der Waals surface area contributed by atoms with Crippen LogP contribution < -0.4 is 15.4 Å². The first kappa shape index (κ1) is 18.1. The second kappa shape index (κ2) is 8.54. The van der Waals surface area contributed by atoms with Crippen LogP contribution in [0.15, 0.2) is 40.7 Å². The molecule has 1 unspecified atom stereocenters. The fraction of sp³-hybridized carbons (Fsp3) is 0.353. The Morgan fingerprint density at radius 1 is 1.30 bits per heavy atom. The molecular formula is C17H22IN3OS. The van der Waals surface area contributed by atoms with Crippen molar-refractivity contribution in [2.45, 2.75) is 26.0 Å². The van der Waals surface area contributed by atoms with E-state index in [1.807, 2.05) is 12.1 Å². The van der Waals surface area contributed by atoms with Gasteiger partial charge in [0.15, 0.2) is 5.96 Å². The molecule has 2 heterocycles. The van der Waals surface area contributed by atoms with Crippen LogP contribution in [0.5, 0.6) is 5.75 Å². The first-order valence-electron chi connectivity index (χ1n) is 7.48. The predicted octanol–water partition coefficient (Wildman–Crippen LogP) is 3.34. The SMILES string of the molecule is CN=C(NCc1sccc1C)NCC1Cc2ccccc2O1.I. The summed E-state index contributed by atoms with van der Waals surface area (Å²) in [4.78, 5) is 5.61. The molecule has 1 aromatic carbocycles. The molecule has 2 aromatic rings. The van der Waals surface area contributed by atoms with Crippen LogP contribution >= 0.6 is 35.3 Å². The summed E-state index contributed by atoms with van der Waals surface area (Å²) in [6.07, 6.45) is 1.11. The van der Waals surface area contributed by atoms with E-state index in [1.54, 1.807) is 18.4 Å². The van der Waals surface area contributed by atoms with Crippen molar-refractivity contribution < 1.29 is 4.74 Å². The molecule has 0 fully saturated rings. The van der Waals surface area contributed by atoms with Crippen LogP contribution in [-0.2, 0) is 13.0 Å². The minimum absolute atomic E-state index is 0. The predicted molar refractivity (Wildman–Crippen MR) is 107 cm³/mol. The summed E-state index contributed by atoms with van der Waals surface area (Å²) in [7, 11) is 1.79. The number of halogens is 1. The van der Waals surface area contributed by atoms with E-state index in [1.165, 1.54) is 16.0 Å². The average Bonchev–Trinajstić information content (AvgIpc) is 3.13. The first-order valence-corrected chi connectivity index (χ1v) is 8.36. The molecule has 3 rings (SSSR count). The van der Waals surface area contributed by atoms with Gasteiger partial charge in [-0.05, 0) is 35.6 Å². The van der Waals surface area contributed by atoms with Gasteiger partial charge in [-0.1, -0.05) is 18.2 Å². The Balaban J connectivity index is 0.00000192. The molecule has 0 saturated carbocycles. The molecule has 23 heavy (non-hydrogen) atoms. The summed E-state index contributed by atoms with van der Waals surface area (Å²) >= 11 is 1.77. The van der Waals surface area contributed by atoms with Gasteiger partial charge in [-0.3, -0.25) is 4.99 Å². The number of hydrogen-bond acceptors (Lipinski definition) is 3. The lowest BCUT2D eigenvalue weighted by Crippen LogP contribution is -2.41. The van der Waals surface area contributed by atoms with Crippen molar-refractivity contribution in [1.82, 2.24) is 10.6 Å². The molecular weight excluding hydrogens is 421 g/mol. The Bertz CT molecular complexity index is 646. The third kappa shape index (κ3) is 4.60. The summed E-state index contributed by atoms with van der Waals surface area (Å²) in [5, 5.41) is 8.82.